The molecule has 0 unspecified atom stereocenters. The van der Waals surface area contributed by atoms with Crippen LogP contribution >= 0.6 is 0 Å². The first-order valence-corrected chi connectivity index (χ1v) is 21.1. The van der Waals surface area contributed by atoms with E-state index in [4.69, 9.17) is 9.47 Å². The van der Waals surface area contributed by atoms with Crippen molar-refractivity contribution in [2.45, 2.75) is 52.4 Å². The first-order chi connectivity index (χ1) is 26.0. The molecule has 0 saturated heterocycles. The molecule has 0 aliphatic carbocycles. The van der Waals surface area contributed by atoms with E-state index in [2.05, 4.69) is 205 Å². The molecule has 0 radical (unpaired) electrons. The number of ether oxygens (including phenoxy) is 2. The van der Waals surface area contributed by atoms with Gasteiger partial charge in [-0.3, -0.25) is 0 Å². The highest BCUT2D eigenvalue weighted by Gasteiger charge is 2.43. The van der Waals surface area contributed by atoms with E-state index in [1.165, 1.54) is 42.8 Å². The van der Waals surface area contributed by atoms with Gasteiger partial charge in [-0.1, -0.05) is 181 Å². The highest BCUT2D eigenvalue weighted by atomic mass is 28.3. The maximum absolute atomic E-state index is 6.84. The number of fused-ring (bicyclic) bond motifs is 4. The van der Waals surface area contributed by atoms with Gasteiger partial charge in [0.1, 0.15) is 23.0 Å². The standard InChI is InChI=1S/C50H45BO2Si/c1-49(2,3)36-24-28-44-42(32-36)51-43-33-37(50(4,5)6)25-29-45(43)53-47-31-35(30-46(52-44)48(47)51)34-22-26-41(27-23-34)54(38-16-10-7-11-17-38,39-18-12-8-13-19-39)40-20-14-9-15-21-40/h7-33H,1-6H3. The van der Waals surface area contributed by atoms with Crippen LogP contribution < -0.4 is 46.6 Å². The fourth-order valence-electron chi connectivity index (χ4n) is 8.58. The molecule has 0 amide bonds. The molecule has 0 atom stereocenters. The van der Waals surface area contributed by atoms with Gasteiger partial charge in [0, 0.05) is 5.46 Å². The van der Waals surface area contributed by atoms with Crippen molar-refractivity contribution in [3.63, 3.8) is 0 Å². The lowest BCUT2D eigenvalue weighted by Crippen LogP contribution is -2.74. The van der Waals surface area contributed by atoms with Crippen LogP contribution in [0.3, 0.4) is 0 Å². The summed E-state index contributed by atoms with van der Waals surface area (Å²) in [5, 5.41) is 5.43. The van der Waals surface area contributed by atoms with E-state index in [9.17, 15) is 0 Å². The molecule has 7 aromatic rings. The third kappa shape index (κ3) is 5.63. The van der Waals surface area contributed by atoms with E-state index in [1.807, 2.05) is 0 Å². The Hall–Kier alpha value is -5.58. The van der Waals surface area contributed by atoms with Crippen molar-refractivity contribution in [1.29, 1.82) is 0 Å². The Balaban J connectivity index is 1.20. The predicted molar refractivity (Wildman–Crippen MR) is 231 cm³/mol. The Bertz CT molecular complexity index is 2310. The molecule has 2 aliphatic heterocycles. The van der Waals surface area contributed by atoms with E-state index in [0.717, 1.165) is 39.6 Å². The molecule has 0 N–H and O–H groups in total. The molecule has 4 heteroatoms. The second-order valence-electron chi connectivity index (χ2n) is 17.0. The van der Waals surface area contributed by atoms with Crippen LogP contribution in [0.25, 0.3) is 11.1 Å². The molecule has 54 heavy (non-hydrogen) atoms. The van der Waals surface area contributed by atoms with Gasteiger partial charge in [0.25, 0.3) is 6.71 Å². The van der Waals surface area contributed by atoms with Crippen LogP contribution in [0.15, 0.2) is 164 Å². The first-order valence-electron chi connectivity index (χ1n) is 19.1. The van der Waals surface area contributed by atoms with Crippen molar-refractivity contribution in [1.82, 2.24) is 0 Å². The average molecular weight is 717 g/mol. The fourth-order valence-corrected chi connectivity index (χ4v) is 13.3. The second kappa shape index (κ2) is 12.8. The molecule has 264 valence electrons. The van der Waals surface area contributed by atoms with Crippen LogP contribution in [0.1, 0.15) is 52.7 Å². The first kappa shape index (κ1) is 34.2. The summed E-state index contributed by atoms with van der Waals surface area (Å²) in [4.78, 5) is 0. The molecule has 2 aliphatic rings. The summed E-state index contributed by atoms with van der Waals surface area (Å²) < 4.78 is 13.7. The zero-order valence-electron chi connectivity index (χ0n) is 32.0. The Labute approximate surface area is 321 Å². The molecule has 0 aromatic heterocycles. The normalized spacial score (nSPS) is 13.3. The summed E-state index contributed by atoms with van der Waals surface area (Å²) in [5.74, 6) is 3.55. The highest BCUT2D eigenvalue weighted by molar-refractivity contribution is 7.19. The summed E-state index contributed by atoms with van der Waals surface area (Å²) in [6.07, 6.45) is 0. The highest BCUT2D eigenvalue weighted by Crippen LogP contribution is 2.39. The van der Waals surface area contributed by atoms with Gasteiger partial charge < -0.3 is 9.47 Å². The van der Waals surface area contributed by atoms with Crippen LogP contribution in [0.2, 0.25) is 0 Å². The molecule has 0 spiro atoms. The van der Waals surface area contributed by atoms with Crippen molar-refractivity contribution in [3.8, 4) is 34.1 Å². The lowest BCUT2D eigenvalue weighted by atomic mass is 9.34. The van der Waals surface area contributed by atoms with Gasteiger partial charge in [-0.05, 0) is 89.0 Å². The minimum atomic E-state index is -2.63. The van der Waals surface area contributed by atoms with Crippen molar-refractivity contribution in [2.24, 2.45) is 0 Å². The van der Waals surface area contributed by atoms with Crippen molar-refractivity contribution in [3.05, 3.63) is 175 Å². The molecule has 2 nitrogen and oxygen atoms in total. The van der Waals surface area contributed by atoms with Crippen LogP contribution in [0, 0.1) is 0 Å². The van der Waals surface area contributed by atoms with Crippen LogP contribution in [-0.4, -0.2) is 14.8 Å². The van der Waals surface area contributed by atoms with E-state index in [-0.39, 0.29) is 17.5 Å². The second-order valence-corrected chi connectivity index (χ2v) is 20.8. The Morgan fingerprint density at radius 2 is 0.778 bits per heavy atom. The van der Waals surface area contributed by atoms with E-state index in [0.29, 0.717) is 0 Å². The maximum atomic E-state index is 6.84. The van der Waals surface area contributed by atoms with Gasteiger partial charge in [0.05, 0.1) is 0 Å². The summed E-state index contributed by atoms with van der Waals surface area (Å²) in [6.45, 7) is 13.7. The number of hydrogen-bond acceptors (Lipinski definition) is 2. The number of rotatable bonds is 5. The molecule has 0 fully saturated rings. The maximum Gasteiger partial charge on any atom is 0.260 e. The smallest absolute Gasteiger partial charge is 0.260 e. The van der Waals surface area contributed by atoms with E-state index >= 15 is 0 Å². The molecule has 0 bridgehead atoms. The average Bonchev–Trinajstić information content (AvgIpc) is 3.18. The zero-order chi connectivity index (χ0) is 37.2. The summed E-state index contributed by atoms with van der Waals surface area (Å²) >= 11 is 0. The minimum absolute atomic E-state index is 0.0113. The van der Waals surface area contributed by atoms with E-state index < -0.39 is 8.07 Å². The topological polar surface area (TPSA) is 18.5 Å². The quantitative estimate of drug-likeness (QED) is 0.133. The SMILES string of the molecule is CC(C)(C)c1ccc2c(c1)B1c3cc(C(C)(C)C)ccc3Oc3cc(-c4ccc([Si](c5ccccc5)(c5ccccc5)c5ccccc5)cc4)cc(c31)O2. The van der Waals surface area contributed by atoms with Gasteiger partial charge in [0.2, 0.25) is 0 Å². The molecular weight excluding hydrogens is 671 g/mol. The van der Waals surface area contributed by atoms with Gasteiger partial charge >= 0.3 is 0 Å². The van der Waals surface area contributed by atoms with Crippen molar-refractivity contribution in [2.75, 3.05) is 0 Å². The molecule has 2 heterocycles. The van der Waals surface area contributed by atoms with Crippen LogP contribution in [-0.2, 0) is 10.8 Å². The summed E-state index contributed by atoms with van der Waals surface area (Å²) in [7, 11) is -2.63. The lowest BCUT2D eigenvalue weighted by Gasteiger charge is -2.35. The third-order valence-corrected chi connectivity index (χ3v) is 16.3. The number of hydrogen-bond donors (Lipinski definition) is 0. The summed E-state index contributed by atoms with van der Waals surface area (Å²) in [5.41, 5.74) is 8.33. The fraction of sp³-hybridized carbons (Fsp3) is 0.160. The Kier molecular flexibility index (Phi) is 8.10. The lowest BCUT2D eigenvalue weighted by molar-refractivity contribution is 0.464. The van der Waals surface area contributed by atoms with E-state index in [1.54, 1.807) is 0 Å². The van der Waals surface area contributed by atoms with Crippen molar-refractivity contribution >= 4 is 51.9 Å². The molecule has 0 saturated carbocycles. The van der Waals surface area contributed by atoms with Gasteiger partial charge in [-0.2, -0.15) is 0 Å². The minimum Gasteiger partial charge on any atom is -0.458 e. The third-order valence-electron chi connectivity index (χ3n) is 11.5. The Morgan fingerprint density at radius 3 is 1.17 bits per heavy atom. The van der Waals surface area contributed by atoms with Gasteiger partial charge in [0.15, 0.2) is 8.07 Å². The zero-order valence-corrected chi connectivity index (χ0v) is 33.0. The van der Waals surface area contributed by atoms with Crippen LogP contribution in [0.4, 0.5) is 0 Å². The van der Waals surface area contributed by atoms with Crippen molar-refractivity contribution < 1.29 is 9.47 Å². The monoisotopic (exact) mass is 716 g/mol. The van der Waals surface area contributed by atoms with Gasteiger partial charge in [-0.25, -0.2) is 0 Å². The largest absolute Gasteiger partial charge is 0.458 e. The molecule has 7 aromatic carbocycles. The predicted octanol–water partition coefficient (Wildman–Crippen LogP) is 8.05. The van der Waals surface area contributed by atoms with Gasteiger partial charge in [-0.15, -0.1) is 0 Å². The van der Waals surface area contributed by atoms with Crippen LogP contribution in [0.5, 0.6) is 23.0 Å². The molecular formula is C50H45BO2Si. The Morgan fingerprint density at radius 1 is 0.389 bits per heavy atom. The molecule has 9 rings (SSSR count). The number of benzene rings is 7. The summed E-state index contributed by atoms with van der Waals surface area (Å²) in [6, 6.07) is 60.5.